The summed E-state index contributed by atoms with van der Waals surface area (Å²) in [5, 5.41) is 6.71. The number of hydrogen-bond donors (Lipinski definition) is 2. The molecular weight excluding hydrogens is 250 g/mol. The predicted molar refractivity (Wildman–Crippen MR) is 74.3 cm³/mol. The molecule has 1 rings (SSSR count). The molecule has 0 saturated carbocycles. The molecule has 0 radical (unpaired) electrons. The number of aromatic nitrogens is 3. The van der Waals surface area contributed by atoms with E-state index in [0.29, 0.717) is 0 Å². The van der Waals surface area contributed by atoms with E-state index in [1.807, 2.05) is 11.8 Å². The van der Waals surface area contributed by atoms with Crippen molar-refractivity contribution in [3.8, 4) is 0 Å². The fraction of sp³-hybridized carbons (Fsp3) is 0.727. The average Bonchev–Trinajstić information content (AvgIpc) is 2.73. The van der Waals surface area contributed by atoms with Crippen molar-refractivity contribution < 1.29 is 4.79 Å². The molecule has 0 aliphatic rings. The van der Waals surface area contributed by atoms with Gasteiger partial charge in [0, 0.05) is 6.54 Å². The van der Waals surface area contributed by atoms with Crippen molar-refractivity contribution in [3.63, 3.8) is 0 Å². The van der Waals surface area contributed by atoms with Gasteiger partial charge in [0.2, 0.25) is 11.9 Å². The smallest absolute Gasteiger partial charge is 0.241 e. The normalized spacial score (nSPS) is 10.5. The van der Waals surface area contributed by atoms with Crippen LogP contribution in [0.2, 0.25) is 0 Å². The lowest BCUT2D eigenvalue weighted by Crippen LogP contribution is -2.28. The number of unbranched alkanes of at least 4 members (excludes halogenated alkanes) is 3. The summed E-state index contributed by atoms with van der Waals surface area (Å²) >= 11 is 1.88. The molecule has 0 spiro atoms. The van der Waals surface area contributed by atoms with Crippen LogP contribution in [0.15, 0.2) is 6.33 Å². The van der Waals surface area contributed by atoms with Crippen LogP contribution in [0.1, 0.15) is 25.7 Å². The Morgan fingerprint density at radius 3 is 2.89 bits per heavy atom. The highest BCUT2D eigenvalue weighted by atomic mass is 32.2. The number of carbonyl (C=O) groups excluding carboxylic acids is 1. The first-order chi connectivity index (χ1) is 8.72. The summed E-state index contributed by atoms with van der Waals surface area (Å²) in [6.45, 7) is 0.902. The van der Waals surface area contributed by atoms with Gasteiger partial charge in [-0.05, 0) is 24.9 Å². The molecule has 0 aromatic carbocycles. The molecule has 7 heteroatoms. The van der Waals surface area contributed by atoms with Crippen LogP contribution in [-0.4, -0.2) is 39.2 Å². The van der Waals surface area contributed by atoms with E-state index >= 15 is 0 Å². The SMILES string of the molecule is CSCCCCCCNC(=O)Cn1cnc(N)n1. The second-order valence-electron chi connectivity index (χ2n) is 4.06. The van der Waals surface area contributed by atoms with Crippen LogP contribution in [0.4, 0.5) is 5.95 Å². The van der Waals surface area contributed by atoms with E-state index in [9.17, 15) is 4.79 Å². The van der Waals surface area contributed by atoms with Gasteiger partial charge in [-0.1, -0.05) is 12.8 Å². The number of nitrogens with zero attached hydrogens (tertiary/aromatic N) is 3. The van der Waals surface area contributed by atoms with Crippen molar-refractivity contribution in [2.75, 3.05) is 24.3 Å². The highest BCUT2D eigenvalue weighted by Gasteiger charge is 2.03. The maximum absolute atomic E-state index is 11.5. The van der Waals surface area contributed by atoms with Gasteiger partial charge in [0.1, 0.15) is 12.9 Å². The van der Waals surface area contributed by atoms with Gasteiger partial charge in [0.05, 0.1) is 0 Å². The Labute approximate surface area is 112 Å². The third-order valence-electron chi connectivity index (χ3n) is 2.46. The summed E-state index contributed by atoms with van der Waals surface area (Å²) in [6.07, 6.45) is 8.26. The molecule has 1 aromatic heterocycles. The lowest BCUT2D eigenvalue weighted by Gasteiger charge is -2.04. The molecule has 0 aliphatic heterocycles. The summed E-state index contributed by atoms with van der Waals surface area (Å²) in [5.41, 5.74) is 5.36. The fourth-order valence-electron chi connectivity index (χ4n) is 1.54. The van der Waals surface area contributed by atoms with E-state index in [2.05, 4.69) is 21.7 Å². The molecule has 0 unspecified atom stereocenters. The van der Waals surface area contributed by atoms with Gasteiger partial charge in [-0.2, -0.15) is 11.8 Å². The summed E-state index contributed by atoms with van der Waals surface area (Å²) in [7, 11) is 0. The van der Waals surface area contributed by atoms with E-state index in [0.717, 1.165) is 19.4 Å². The van der Waals surface area contributed by atoms with Crippen LogP contribution in [0.3, 0.4) is 0 Å². The topological polar surface area (TPSA) is 85.8 Å². The molecule has 1 amide bonds. The highest BCUT2D eigenvalue weighted by Crippen LogP contribution is 2.03. The summed E-state index contributed by atoms with van der Waals surface area (Å²) < 4.78 is 1.43. The molecule has 18 heavy (non-hydrogen) atoms. The molecule has 0 atom stereocenters. The van der Waals surface area contributed by atoms with Gasteiger partial charge < -0.3 is 11.1 Å². The first-order valence-electron chi connectivity index (χ1n) is 6.13. The van der Waals surface area contributed by atoms with Crippen LogP contribution in [-0.2, 0) is 11.3 Å². The van der Waals surface area contributed by atoms with Crippen molar-refractivity contribution in [2.45, 2.75) is 32.2 Å². The maximum atomic E-state index is 11.5. The van der Waals surface area contributed by atoms with Crippen LogP contribution in [0.5, 0.6) is 0 Å². The van der Waals surface area contributed by atoms with Crippen molar-refractivity contribution in [2.24, 2.45) is 0 Å². The Bertz CT molecular complexity index is 355. The number of rotatable bonds is 9. The Hall–Kier alpha value is -1.24. The number of nitrogen functional groups attached to an aromatic ring is 1. The second kappa shape index (κ2) is 8.79. The van der Waals surface area contributed by atoms with Crippen molar-refractivity contribution in [3.05, 3.63) is 6.33 Å². The Morgan fingerprint density at radius 1 is 1.44 bits per heavy atom. The van der Waals surface area contributed by atoms with Gasteiger partial charge in [0.15, 0.2) is 0 Å². The summed E-state index contributed by atoms with van der Waals surface area (Å²) in [5.74, 6) is 1.36. The summed E-state index contributed by atoms with van der Waals surface area (Å²) in [4.78, 5) is 15.3. The fourth-order valence-corrected chi connectivity index (χ4v) is 2.03. The Kier molecular flexibility index (Phi) is 7.24. The maximum Gasteiger partial charge on any atom is 0.241 e. The molecule has 0 bridgehead atoms. The lowest BCUT2D eigenvalue weighted by molar-refractivity contribution is -0.121. The van der Waals surface area contributed by atoms with E-state index in [4.69, 9.17) is 5.73 Å². The summed E-state index contributed by atoms with van der Waals surface area (Å²) in [6, 6.07) is 0. The average molecular weight is 271 g/mol. The molecule has 0 saturated heterocycles. The predicted octanol–water partition coefficient (Wildman–Crippen LogP) is 0.900. The third kappa shape index (κ3) is 6.48. The molecule has 6 nitrogen and oxygen atoms in total. The number of thioether (sulfide) groups is 1. The third-order valence-corrected chi connectivity index (χ3v) is 3.15. The zero-order chi connectivity index (χ0) is 13.2. The monoisotopic (exact) mass is 271 g/mol. The van der Waals surface area contributed by atoms with Gasteiger partial charge in [0.25, 0.3) is 0 Å². The molecule has 1 heterocycles. The standard InChI is InChI=1S/C11H21N5OS/c1-18-7-5-3-2-4-6-13-10(17)8-16-9-14-11(12)15-16/h9H,2-8H2,1H3,(H2,12,15)(H,13,17). The van der Waals surface area contributed by atoms with Crippen molar-refractivity contribution in [1.82, 2.24) is 20.1 Å². The molecule has 1 aromatic rings. The quantitative estimate of drug-likeness (QED) is 0.652. The zero-order valence-electron chi connectivity index (χ0n) is 10.8. The van der Waals surface area contributed by atoms with Crippen LogP contribution in [0.25, 0.3) is 0 Å². The number of anilines is 1. The molecule has 102 valence electrons. The second-order valence-corrected chi connectivity index (χ2v) is 5.04. The molecule has 0 fully saturated rings. The molecular formula is C11H21N5OS. The number of nitrogens with two attached hydrogens (primary N) is 1. The lowest BCUT2D eigenvalue weighted by atomic mass is 10.2. The molecule has 0 aliphatic carbocycles. The zero-order valence-corrected chi connectivity index (χ0v) is 11.6. The minimum absolute atomic E-state index is 0.0518. The Morgan fingerprint density at radius 2 is 2.22 bits per heavy atom. The Balaban J connectivity index is 2.00. The molecule has 3 N–H and O–H groups in total. The van der Waals surface area contributed by atoms with Crippen LogP contribution >= 0.6 is 11.8 Å². The number of carbonyl (C=O) groups is 1. The van der Waals surface area contributed by atoms with Gasteiger partial charge in [-0.25, -0.2) is 9.67 Å². The minimum Gasteiger partial charge on any atom is -0.367 e. The number of hydrogen-bond acceptors (Lipinski definition) is 5. The van der Waals surface area contributed by atoms with Gasteiger partial charge >= 0.3 is 0 Å². The van der Waals surface area contributed by atoms with Gasteiger partial charge in [-0.15, -0.1) is 5.10 Å². The van der Waals surface area contributed by atoms with Crippen molar-refractivity contribution in [1.29, 1.82) is 0 Å². The van der Waals surface area contributed by atoms with Crippen molar-refractivity contribution >= 4 is 23.6 Å². The number of amides is 1. The van der Waals surface area contributed by atoms with Crippen LogP contribution < -0.4 is 11.1 Å². The van der Waals surface area contributed by atoms with E-state index < -0.39 is 0 Å². The largest absolute Gasteiger partial charge is 0.367 e. The first-order valence-corrected chi connectivity index (χ1v) is 7.52. The van der Waals surface area contributed by atoms with E-state index in [-0.39, 0.29) is 18.4 Å². The highest BCUT2D eigenvalue weighted by molar-refractivity contribution is 7.98. The van der Waals surface area contributed by atoms with Crippen LogP contribution in [0, 0.1) is 0 Å². The van der Waals surface area contributed by atoms with E-state index in [1.54, 1.807) is 0 Å². The van der Waals surface area contributed by atoms with E-state index in [1.165, 1.54) is 29.6 Å². The van der Waals surface area contributed by atoms with Gasteiger partial charge in [-0.3, -0.25) is 4.79 Å². The first kappa shape index (κ1) is 14.8. The minimum atomic E-state index is -0.0518. The number of nitrogens with one attached hydrogen (secondary N) is 1.